The second-order valence-corrected chi connectivity index (χ2v) is 9.36. The van der Waals surface area contributed by atoms with Gasteiger partial charge >= 0.3 is 0 Å². The highest BCUT2D eigenvalue weighted by atomic mass is 32.2. The van der Waals surface area contributed by atoms with Crippen molar-refractivity contribution in [1.82, 2.24) is 14.2 Å². The Morgan fingerprint density at radius 3 is 2.36 bits per heavy atom. The fraction of sp³-hybridized carbons (Fsp3) is 0.200. The minimum Gasteiger partial charge on any atom is -0.328 e. The second-order valence-electron chi connectivity index (χ2n) is 6.43. The van der Waals surface area contributed by atoms with Gasteiger partial charge in [-0.1, -0.05) is 6.07 Å². The van der Waals surface area contributed by atoms with E-state index >= 15 is 0 Å². The molecule has 2 aromatic heterocycles. The zero-order chi connectivity index (χ0) is 20.1. The van der Waals surface area contributed by atoms with Crippen LogP contribution >= 0.6 is 11.3 Å². The molecule has 0 saturated heterocycles. The van der Waals surface area contributed by atoms with Crippen molar-refractivity contribution in [2.24, 2.45) is 0 Å². The minimum absolute atomic E-state index is 0.156. The number of nitrogens with zero attached hydrogens (tertiary/aromatic N) is 3. The number of benzene rings is 1. The Morgan fingerprint density at radius 1 is 1.04 bits per heavy atom. The van der Waals surface area contributed by atoms with Crippen molar-refractivity contribution in [3.05, 3.63) is 82.3 Å². The lowest BCUT2D eigenvalue weighted by atomic mass is 10.1. The summed E-state index contributed by atoms with van der Waals surface area (Å²) in [6.07, 6.45) is 1.70. The minimum atomic E-state index is -3.53. The molecule has 3 rings (SSSR count). The molecule has 8 heteroatoms. The average molecular weight is 416 g/mol. The van der Waals surface area contributed by atoms with Crippen LogP contribution in [0.15, 0.2) is 70.4 Å². The summed E-state index contributed by atoms with van der Waals surface area (Å²) in [5.74, 6) is -0.175. The Hall–Kier alpha value is -2.55. The van der Waals surface area contributed by atoms with E-state index < -0.39 is 10.0 Å². The third kappa shape index (κ3) is 4.64. The van der Waals surface area contributed by atoms with E-state index in [9.17, 15) is 13.2 Å². The largest absolute Gasteiger partial charge is 0.328 e. The van der Waals surface area contributed by atoms with Crippen molar-refractivity contribution in [1.29, 1.82) is 0 Å². The molecule has 1 amide bonds. The van der Waals surface area contributed by atoms with E-state index in [1.54, 1.807) is 34.6 Å². The Labute approximate surface area is 169 Å². The van der Waals surface area contributed by atoms with E-state index in [1.165, 1.54) is 26.2 Å². The molecular weight excluding hydrogens is 394 g/mol. The van der Waals surface area contributed by atoms with Gasteiger partial charge in [-0.3, -0.25) is 9.78 Å². The van der Waals surface area contributed by atoms with E-state index in [0.29, 0.717) is 18.7 Å². The number of amides is 1. The van der Waals surface area contributed by atoms with Crippen LogP contribution in [-0.2, 0) is 23.1 Å². The first kappa shape index (κ1) is 20.2. The lowest BCUT2D eigenvalue weighted by Crippen LogP contribution is -2.30. The molecule has 0 aliphatic heterocycles. The molecule has 2 heterocycles. The summed E-state index contributed by atoms with van der Waals surface area (Å²) in [4.78, 5) is 19.3. The molecule has 0 N–H and O–H groups in total. The third-order valence-corrected chi connectivity index (χ3v) is 6.76. The van der Waals surface area contributed by atoms with Crippen molar-refractivity contribution < 1.29 is 13.2 Å². The number of hydrogen-bond donors (Lipinski definition) is 0. The highest BCUT2D eigenvalue weighted by Gasteiger charge is 2.20. The Kier molecular flexibility index (Phi) is 6.23. The van der Waals surface area contributed by atoms with Crippen molar-refractivity contribution in [3.63, 3.8) is 0 Å². The zero-order valence-electron chi connectivity index (χ0n) is 15.6. The maximum absolute atomic E-state index is 13.1. The second kappa shape index (κ2) is 8.64. The van der Waals surface area contributed by atoms with Crippen molar-refractivity contribution in [2.45, 2.75) is 18.0 Å². The standard InChI is InChI=1S/C20H21N3O3S2/c1-22(2)28(25,26)19-8-6-17(7-9-19)20(24)23(13-16-10-12-27-15-16)14-18-5-3-4-11-21-18/h3-12,15H,13-14H2,1-2H3. The van der Waals surface area contributed by atoms with Gasteiger partial charge in [0.1, 0.15) is 0 Å². The highest BCUT2D eigenvalue weighted by molar-refractivity contribution is 7.89. The zero-order valence-corrected chi connectivity index (χ0v) is 17.3. The monoisotopic (exact) mass is 415 g/mol. The smallest absolute Gasteiger partial charge is 0.254 e. The molecule has 0 fully saturated rings. The predicted octanol–water partition coefficient (Wildman–Crippen LogP) is 3.24. The van der Waals surface area contributed by atoms with Gasteiger partial charge in [-0.05, 0) is 58.8 Å². The molecule has 0 aliphatic carbocycles. The molecule has 1 aromatic carbocycles. The molecule has 0 radical (unpaired) electrons. The lowest BCUT2D eigenvalue weighted by molar-refractivity contribution is 0.0728. The molecule has 3 aromatic rings. The fourth-order valence-electron chi connectivity index (χ4n) is 2.65. The van der Waals surface area contributed by atoms with Crippen LogP contribution in [0.4, 0.5) is 0 Å². The van der Waals surface area contributed by atoms with Gasteiger partial charge in [-0.15, -0.1) is 0 Å². The number of hydrogen-bond acceptors (Lipinski definition) is 5. The molecule has 0 aliphatic rings. The van der Waals surface area contributed by atoms with Crippen LogP contribution in [0.5, 0.6) is 0 Å². The summed E-state index contributed by atoms with van der Waals surface area (Å²) in [6, 6.07) is 13.6. The van der Waals surface area contributed by atoms with E-state index in [1.807, 2.05) is 35.0 Å². The number of pyridine rings is 1. The number of thiophene rings is 1. The quantitative estimate of drug-likeness (QED) is 0.594. The van der Waals surface area contributed by atoms with Crippen LogP contribution in [0.3, 0.4) is 0 Å². The van der Waals surface area contributed by atoms with E-state index in [0.717, 1.165) is 15.6 Å². The van der Waals surface area contributed by atoms with Gasteiger partial charge in [0, 0.05) is 32.4 Å². The maximum atomic E-state index is 13.1. The Morgan fingerprint density at radius 2 is 1.79 bits per heavy atom. The lowest BCUT2D eigenvalue weighted by Gasteiger charge is -2.22. The first-order chi connectivity index (χ1) is 13.4. The summed E-state index contributed by atoms with van der Waals surface area (Å²) in [5.41, 5.74) is 2.27. The number of rotatable bonds is 7. The van der Waals surface area contributed by atoms with Gasteiger partial charge in [-0.2, -0.15) is 11.3 Å². The number of aromatic nitrogens is 1. The van der Waals surface area contributed by atoms with E-state index in [4.69, 9.17) is 0 Å². The summed E-state index contributed by atoms with van der Waals surface area (Å²) < 4.78 is 25.6. The van der Waals surface area contributed by atoms with Crippen molar-refractivity contribution in [3.8, 4) is 0 Å². The summed E-state index contributed by atoms with van der Waals surface area (Å²) in [5, 5.41) is 3.98. The molecule has 0 unspecified atom stereocenters. The van der Waals surface area contributed by atoms with Gasteiger partial charge in [0.15, 0.2) is 0 Å². The number of carbonyl (C=O) groups is 1. The highest BCUT2D eigenvalue weighted by Crippen LogP contribution is 2.18. The summed E-state index contributed by atoms with van der Waals surface area (Å²) >= 11 is 1.58. The van der Waals surface area contributed by atoms with E-state index in [-0.39, 0.29) is 10.8 Å². The molecule has 0 spiro atoms. The molecule has 28 heavy (non-hydrogen) atoms. The Balaban J connectivity index is 1.86. The molecule has 0 saturated carbocycles. The Bertz CT molecular complexity index is 1020. The SMILES string of the molecule is CN(C)S(=O)(=O)c1ccc(C(=O)N(Cc2ccsc2)Cc2ccccn2)cc1. The van der Waals surface area contributed by atoms with Crippen LogP contribution in [0, 0.1) is 0 Å². The van der Waals surface area contributed by atoms with E-state index in [2.05, 4.69) is 4.98 Å². The maximum Gasteiger partial charge on any atom is 0.254 e. The van der Waals surface area contributed by atoms with Crippen LogP contribution in [0.1, 0.15) is 21.6 Å². The first-order valence-electron chi connectivity index (χ1n) is 8.61. The molecule has 146 valence electrons. The number of sulfonamides is 1. The fourth-order valence-corrected chi connectivity index (χ4v) is 4.21. The van der Waals surface area contributed by atoms with Crippen molar-refractivity contribution >= 4 is 27.3 Å². The molecule has 0 atom stereocenters. The number of carbonyl (C=O) groups excluding carboxylic acids is 1. The molecular formula is C20H21N3O3S2. The third-order valence-electron chi connectivity index (χ3n) is 4.20. The van der Waals surface area contributed by atoms with Crippen LogP contribution < -0.4 is 0 Å². The summed E-state index contributed by atoms with van der Waals surface area (Å²) in [6.45, 7) is 0.823. The molecule has 0 bridgehead atoms. The molecule has 6 nitrogen and oxygen atoms in total. The van der Waals surface area contributed by atoms with Gasteiger partial charge in [0.05, 0.1) is 17.1 Å². The van der Waals surface area contributed by atoms with Gasteiger partial charge in [-0.25, -0.2) is 12.7 Å². The first-order valence-corrected chi connectivity index (χ1v) is 11.0. The predicted molar refractivity (Wildman–Crippen MR) is 109 cm³/mol. The summed E-state index contributed by atoms with van der Waals surface area (Å²) in [7, 11) is -0.577. The average Bonchev–Trinajstić information content (AvgIpc) is 3.21. The van der Waals surface area contributed by atoms with Crippen LogP contribution in [0.25, 0.3) is 0 Å². The van der Waals surface area contributed by atoms with Crippen LogP contribution in [0.2, 0.25) is 0 Å². The van der Waals surface area contributed by atoms with Crippen molar-refractivity contribution in [2.75, 3.05) is 14.1 Å². The van der Waals surface area contributed by atoms with Gasteiger partial charge in [0.2, 0.25) is 10.0 Å². The normalized spacial score (nSPS) is 11.5. The van der Waals surface area contributed by atoms with Gasteiger partial charge in [0.25, 0.3) is 5.91 Å². The van der Waals surface area contributed by atoms with Gasteiger partial charge < -0.3 is 4.90 Å². The van der Waals surface area contributed by atoms with Crippen LogP contribution in [-0.4, -0.2) is 42.6 Å². The topological polar surface area (TPSA) is 70.6 Å².